The maximum absolute atomic E-state index is 13.5. The summed E-state index contributed by atoms with van der Waals surface area (Å²) in [5.41, 5.74) is 0. The molecule has 12 heteroatoms. The highest BCUT2D eigenvalue weighted by Gasteiger charge is 2.45. The summed E-state index contributed by atoms with van der Waals surface area (Å²) in [5.74, 6) is -3.41. The zero-order chi connectivity index (χ0) is 25.1. The number of amides is 4. The van der Waals surface area contributed by atoms with E-state index in [2.05, 4.69) is 10.6 Å². The molecule has 1 aromatic heterocycles. The number of carbonyl (C=O) groups is 6. The molecule has 35 heavy (non-hydrogen) atoms. The molecule has 4 rings (SSSR count). The van der Waals surface area contributed by atoms with E-state index in [1.54, 1.807) is 6.07 Å². The van der Waals surface area contributed by atoms with Gasteiger partial charge in [-0.3, -0.25) is 29.0 Å². The molecule has 184 valence electrons. The zero-order valence-electron chi connectivity index (χ0n) is 18.6. The van der Waals surface area contributed by atoms with Crippen LogP contribution in [0.3, 0.4) is 0 Å². The third-order valence-electron chi connectivity index (χ3n) is 6.01. The van der Waals surface area contributed by atoms with Crippen LogP contribution >= 0.6 is 11.3 Å². The first-order chi connectivity index (χ1) is 16.8. The minimum absolute atomic E-state index is 0.00389. The molecule has 0 spiro atoms. The van der Waals surface area contributed by atoms with Crippen molar-refractivity contribution in [2.45, 2.75) is 50.2 Å². The van der Waals surface area contributed by atoms with E-state index in [-0.39, 0.29) is 31.7 Å². The largest absolute Gasteiger partial charge is 0.481 e. The van der Waals surface area contributed by atoms with Crippen molar-refractivity contribution in [3.63, 3.8) is 0 Å². The van der Waals surface area contributed by atoms with E-state index in [0.717, 1.165) is 15.1 Å². The molecule has 0 aliphatic carbocycles. The smallest absolute Gasteiger partial charge is 0.305 e. The number of nitrogens with one attached hydrogen (secondary N) is 2. The number of fused-ring (bicyclic) bond motifs is 2. The van der Waals surface area contributed by atoms with Gasteiger partial charge >= 0.3 is 5.97 Å². The average molecular weight is 501 g/mol. The summed E-state index contributed by atoms with van der Waals surface area (Å²) in [5, 5.41) is 17.2. The predicted octanol–water partition coefficient (Wildman–Crippen LogP) is 0.687. The summed E-state index contributed by atoms with van der Waals surface area (Å²) in [6, 6.07) is 5.81. The molecule has 2 aliphatic rings. The highest BCUT2D eigenvalue weighted by Crippen LogP contribution is 2.27. The molecular weight excluding hydrogens is 476 g/mol. The average Bonchev–Trinajstić information content (AvgIpc) is 3.24. The zero-order valence-corrected chi connectivity index (χ0v) is 19.5. The number of hydrogen-bond donors (Lipinski definition) is 3. The predicted molar refractivity (Wildman–Crippen MR) is 124 cm³/mol. The normalized spacial score (nSPS) is 21.1. The minimum Gasteiger partial charge on any atom is -0.481 e. The molecule has 2 aliphatic heterocycles. The molecule has 2 saturated heterocycles. The number of thiophene rings is 1. The summed E-state index contributed by atoms with van der Waals surface area (Å²) in [6.07, 6.45) is 0.450. The van der Waals surface area contributed by atoms with E-state index in [1.165, 1.54) is 16.3 Å². The van der Waals surface area contributed by atoms with Gasteiger partial charge in [0.05, 0.1) is 17.3 Å². The van der Waals surface area contributed by atoms with Gasteiger partial charge in [0.1, 0.15) is 18.4 Å². The summed E-state index contributed by atoms with van der Waals surface area (Å²) >= 11 is 1.28. The SMILES string of the molecule is O=C[C@H](CC(=O)O)NC(=O)[C@@H]1CCCN2C(=O)CC[C@H](NC(=O)c3cc4ccccc4s3)C(=O)N12. The van der Waals surface area contributed by atoms with E-state index in [9.17, 15) is 28.8 Å². The third-order valence-corrected chi connectivity index (χ3v) is 7.12. The number of aliphatic carboxylic acids is 1. The molecule has 0 radical (unpaired) electrons. The quantitative estimate of drug-likeness (QED) is 0.473. The number of carboxylic acids is 1. The van der Waals surface area contributed by atoms with Gasteiger partial charge in [-0.1, -0.05) is 18.2 Å². The topological polar surface area (TPSA) is 153 Å². The fourth-order valence-corrected chi connectivity index (χ4v) is 5.30. The van der Waals surface area contributed by atoms with Crippen LogP contribution in [0.4, 0.5) is 0 Å². The lowest BCUT2D eigenvalue weighted by Gasteiger charge is -2.43. The lowest BCUT2D eigenvalue weighted by molar-refractivity contribution is -0.176. The van der Waals surface area contributed by atoms with Crippen molar-refractivity contribution in [1.82, 2.24) is 20.7 Å². The van der Waals surface area contributed by atoms with Crippen LogP contribution in [0.5, 0.6) is 0 Å². The van der Waals surface area contributed by atoms with Gasteiger partial charge in [0.2, 0.25) is 11.8 Å². The van der Waals surface area contributed by atoms with Gasteiger partial charge in [0.15, 0.2) is 0 Å². The number of hydrogen-bond acceptors (Lipinski definition) is 7. The maximum Gasteiger partial charge on any atom is 0.305 e. The van der Waals surface area contributed by atoms with E-state index < -0.39 is 48.2 Å². The van der Waals surface area contributed by atoms with E-state index in [0.29, 0.717) is 17.6 Å². The number of carboxylic acid groups (broad SMARTS) is 1. The second-order valence-electron chi connectivity index (χ2n) is 8.42. The number of benzene rings is 1. The lowest BCUT2D eigenvalue weighted by Crippen LogP contribution is -2.64. The summed E-state index contributed by atoms with van der Waals surface area (Å²) in [7, 11) is 0. The third kappa shape index (κ3) is 5.16. The van der Waals surface area contributed by atoms with E-state index in [4.69, 9.17) is 5.11 Å². The van der Waals surface area contributed by atoms with Crippen molar-refractivity contribution < 1.29 is 33.9 Å². The van der Waals surface area contributed by atoms with Crippen molar-refractivity contribution in [1.29, 1.82) is 0 Å². The van der Waals surface area contributed by atoms with Gasteiger partial charge < -0.3 is 20.5 Å². The number of carbonyl (C=O) groups excluding carboxylic acids is 5. The fraction of sp³-hybridized carbons (Fsp3) is 0.391. The Balaban J connectivity index is 1.54. The molecule has 11 nitrogen and oxygen atoms in total. The Morgan fingerprint density at radius 3 is 2.69 bits per heavy atom. The van der Waals surface area contributed by atoms with Crippen molar-refractivity contribution in [3.05, 3.63) is 35.2 Å². The van der Waals surface area contributed by atoms with Crippen molar-refractivity contribution in [2.75, 3.05) is 6.54 Å². The Labute approximate surface area is 204 Å². The molecule has 3 atom stereocenters. The Hall–Kier alpha value is -3.80. The fourth-order valence-electron chi connectivity index (χ4n) is 4.33. The first-order valence-corrected chi connectivity index (χ1v) is 12.0. The molecule has 0 bridgehead atoms. The number of nitrogens with zero attached hydrogens (tertiary/aromatic N) is 2. The molecular formula is C23H24N4O7S. The van der Waals surface area contributed by atoms with E-state index >= 15 is 0 Å². The summed E-state index contributed by atoms with van der Waals surface area (Å²) in [4.78, 5) is 74.7. The van der Waals surface area contributed by atoms with Crippen LogP contribution < -0.4 is 10.6 Å². The van der Waals surface area contributed by atoms with Crippen LogP contribution in [0.2, 0.25) is 0 Å². The van der Waals surface area contributed by atoms with Gasteiger partial charge in [-0.15, -0.1) is 11.3 Å². The monoisotopic (exact) mass is 500 g/mol. The minimum atomic E-state index is -1.27. The van der Waals surface area contributed by atoms with Gasteiger partial charge in [-0.2, -0.15) is 0 Å². The van der Waals surface area contributed by atoms with Crippen LogP contribution in [0, 0.1) is 0 Å². The van der Waals surface area contributed by atoms with Crippen LogP contribution in [0.25, 0.3) is 10.1 Å². The first kappa shape index (κ1) is 24.3. The van der Waals surface area contributed by atoms with E-state index in [1.807, 2.05) is 24.3 Å². The van der Waals surface area contributed by atoms with Gasteiger partial charge in [-0.05, 0) is 36.8 Å². The Morgan fingerprint density at radius 2 is 1.97 bits per heavy atom. The Bertz CT molecular complexity index is 1160. The van der Waals surface area contributed by atoms with Gasteiger partial charge in [0.25, 0.3) is 11.8 Å². The highest BCUT2D eigenvalue weighted by molar-refractivity contribution is 7.20. The molecule has 3 N–H and O–H groups in total. The standard InChI is InChI=1S/C23H24N4O7S/c28-12-14(11-20(30)31)24-21(32)16-5-3-9-26-19(29)8-7-15(23(34)27(16)26)25-22(33)18-10-13-4-1-2-6-17(13)35-18/h1-2,4,6,10,12,14-16H,3,5,7-9,11H2,(H,24,32)(H,25,33)(H,30,31)/t14-,15-,16-/m0/s1. The molecule has 0 unspecified atom stereocenters. The first-order valence-electron chi connectivity index (χ1n) is 11.2. The molecule has 0 saturated carbocycles. The van der Waals surface area contributed by atoms with Gasteiger partial charge in [0, 0.05) is 17.7 Å². The number of aldehydes is 1. The maximum atomic E-state index is 13.5. The Kier molecular flexibility index (Phi) is 7.10. The highest BCUT2D eigenvalue weighted by atomic mass is 32.1. The van der Waals surface area contributed by atoms with Crippen LogP contribution in [0.1, 0.15) is 41.8 Å². The molecule has 3 heterocycles. The van der Waals surface area contributed by atoms with Crippen molar-refractivity contribution in [2.24, 2.45) is 0 Å². The molecule has 1 aromatic carbocycles. The second-order valence-corrected chi connectivity index (χ2v) is 9.50. The number of rotatable bonds is 7. The van der Waals surface area contributed by atoms with Crippen LogP contribution in [-0.4, -0.2) is 75.7 Å². The lowest BCUT2D eigenvalue weighted by atomic mass is 10.0. The van der Waals surface area contributed by atoms with Crippen LogP contribution in [-0.2, 0) is 24.0 Å². The Morgan fingerprint density at radius 1 is 1.20 bits per heavy atom. The number of hydrazine groups is 1. The molecule has 2 aromatic rings. The van der Waals surface area contributed by atoms with Crippen molar-refractivity contribution in [3.8, 4) is 0 Å². The summed E-state index contributed by atoms with van der Waals surface area (Å²) < 4.78 is 0.921. The van der Waals surface area contributed by atoms with Gasteiger partial charge in [-0.25, -0.2) is 5.01 Å². The van der Waals surface area contributed by atoms with Crippen molar-refractivity contribution >= 4 is 57.3 Å². The molecule has 4 amide bonds. The van der Waals surface area contributed by atoms with Crippen LogP contribution in [0.15, 0.2) is 30.3 Å². The summed E-state index contributed by atoms with van der Waals surface area (Å²) in [6.45, 7) is 0.234. The molecule has 2 fully saturated rings. The second kappa shape index (κ2) is 10.2.